The molecule has 1 N–H and O–H groups in total. The van der Waals surface area contributed by atoms with Crippen LogP contribution in [0.2, 0.25) is 10.0 Å². The molecule has 0 saturated heterocycles. The van der Waals surface area contributed by atoms with Crippen LogP contribution < -0.4 is 0 Å². The number of benzene rings is 1. The molecule has 1 aromatic carbocycles. The minimum Gasteiger partial charge on any atom is -0.356 e. The summed E-state index contributed by atoms with van der Waals surface area (Å²) in [5, 5.41) is 1.06. The maximum atomic E-state index is 12.3. The van der Waals surface area contributed by atoms with Gasteiger partial charge in [-0.25, -0.2) is 0 Å². The summed E-state index contributed by atoms with van der Waals surface area (Å²) in [4.78, 5) is 27.9. The first-order valence-electron chi connectivity index (χ1n) is 6.27. The minimum atomic E-state index is -0.214. The molecule has 2 rings (SSSR count). The van der Waals surface area contributed by atoms with Crippen molar-refractivity contribution in [3.63, 3.8) is 0 Å². The summed E-state index contributed by atoms with van der Waals surface area (Å²) in [5.41, 5.74) is 1.65. The number of aromatic nitrogens is 1. The van der Waals surface area contributed by atoms with Crippen LogP contribution in [0, 0.1) is 0 Å². The molecule has 0 radical (unpaired) electrons. The number of hydrogen-bond donors (Lipinski definition) is 1. The van der Waals surface area contributed by atoms with E-state index >= 15 is 0 Å². The summed E-state index contributed by atoms with van der Waals surface area (Å²) < 4.78 is 0. The van der Waals surface area contributed by atoms with Crippen LogP contribution in [0.1, 0.15) is 33.3 Å². The third-order valence-electron chi connectivity index (χ3n) is 3.09. The molecule has 1 amide bonds. The van der Waals surface area contributed by atoms with Gasteiger partial charge in [-0.15, -0.1) is 0 Å². The maximum Gasteiger partial charge on any atom is 0.270 e. The Kier molecular flexibility index (Phi) is 4.70. The average molecular weight is 325 g/mol. The van der Waals surface area contributed by atoms with Gasteiger partial charge in [0.15, 0.2) is 5.78 Å². The zero-order chi connectivity index (χ0) is 15.6. The highest BCUT2D eigenvalue weighted by molar-refractivity contribution is 6.35. The van der Waals surface area contributed by atoms with Crippen LogP contribution in [0.5, 0.6) is 0 Å². The van der Waals surface area contributed by atoms with Gasteiger partial charge in [0.2, 0.25) is 0 Å². The fourth-order valence-corrected chi connectivity index (χ4v) is 2.37. The number of carbonyl (C=O) groups excluding carboxylic acids is 2. The van der Waals surface area contributed by atoms with Gasteiger partial charge in [0, 0.05) is 35.4 Å². The van der Waals surface area contributed by atoms with Crippen molar-refractivity contribution < 1.29 is 9.59 Å². The lowest BCUT2D eigenvalue weighted by atomic mass is 10.2. The second kappa shape index (κ2) is 6.33. The predicted molar refractivity (Wildman–Crippen MR) is 83.1 cm³/mol. The summed E-state index contributed by atoms with van der Waals surface area (Å²) >= 11 is 11.9. The van der Waals surface area contributed by atoms with Gasteiger partial charge in [-0.05, 0) is 30.7 Å². The van der Waals surface area contributed by atoms with E-state index in [1.165, 1.54) is 18.0 Å². The number of nitrogens with one attached hydrogen (secondary N) is 1. The molecule has 0 aliphatic heterocycles. The Morgan fingerprint density at radius 1 is 1.24 bits per heavy atom. The highest BCUT2D eigenvalue weighted by Gasteiger charge is 2.16. The maximum absolute atomic E-state index is 12.3. The Bertz CT molecular complexity index is 695. The van der Waals surface area contributed by atoms with Crippen LogP contribution in [0.3, 0.4) is 0 Å². The summed E-state index contributed by atoms with van der Waals surface area (Å²) in [7, 11) is 1.67. The summed E-state index contributed by atoms with van der Waals surface area (Å²) in [6.07, 6.45) is 1.53. The van der Waals surface area contributed by atoms with Crippen LogP contribution in [0.25, 0.3) is 0 Å². The molecule has 0 spiro atoms. The van der Waals surface area contributed by atoms with Gasteiger partial charge in [-0.2, -0.15) is 0 Å². The molecule has 1 heterocycles. The second-order valence-corrected chi connectivity index (χ2v) is 5.60. The van der Waals surface area contributed by atoms with Gasteiger partial charge in [0.25, 0.3) is 5.91 Å². The normalized spacial score (nSPS) is 10.5. The van der Waals surface area contributed by atoms with Gasteiger partial charge in [0.1, 0.15) is 5.69 Å². The number of aromatic amines is 1. The number of ketones is 1. The molecule has 0 saturated carbocycles. The lowest BCUT2D eigenvalue weighted by molar-refractivity contribution is 0.0780. The van der Waals surface area contributed by atoms with Crippen LogP contribution >= 0.6 is 23.2 Å². The van der Waals surface area contributed by atoms with E-state index < -0.39 is 0 Å². The molecule has 0 bridgehead atoms. The van der Waals surface area contributed by atoms with Crippen molar-refractivity contribution in [1.29, 1.82) is 0 Å². The Balaban J connectivity index is 2.13. The van der Waals surface area contributed by atoms with E-state index in [-0.39, 0.29) is 11.7 Å². The molecule has 4 nitrogen and oxygen atoms in total. The zero-order valence-electron chi connectivity index (χ0n) is 11.6. The molecule has 21 heavy (non-hydrogen) atoms. The van der Waals surface area contributed by atoms with Crippen molar-refractivity contribution in [2.75, 3.05) is 7.05 Å². The molecule has 0 unspecified atom stereocenters. The van der Waals surface area contributed by atoms with E-state index in [2.05, 4.69) is 4.98 Å². The molecule has 1 aromatic heterocycles. The van der Waals surface area contributed by atoms with Gasteiger partial charge in [0.05, 0.1) is 0 Å². The number of rotatable bonds is 4. The fourth-order valence-electron chi connectivity index (χ4n) is 1.90. The van der Waals surface area contributed by atoms with Crippen molar-refractivity contribution in [3.05, 3.63) is 57.3 Å². The highest BCUT2D eigenvalue weighted by atomic mass is 35.5. The van der Waals surface area contributed by atoms with E-state index in [0.29, 0.717) is 27.8 Å². The smallest absolute Gasteiger partial charge is 0.270 e. The van der Waals surface area contributed by atoms with Gasteiger partial charge in [-0.1, -0.05) is 29.3 Å². The Labute approximate surface area is 132 Å². The SMILES string of the molecule is CC(=O)c1c[nH]c(C(=O)N(C)Cc2ccc(Cl)cc2Cl)c1. The molecule has 0 aliphatic rings. The third kappa shape index (κ3) is 3.65. The summed E-state index contributed by atoms with van der Waals surface area (Å²) in [5.74, 6) is -0.304. The quantitative estimate of drug-likeness (QED) is 0.870. The van der Waals surface area contributed by atoms with Gasteiger partial charge >= 0.3 is 0 Å². The summed E-state index contributed by atoms with van der Waals surface area (Å²) in [6, 6.07) is 6.69. The third-order valence-corrected chi connectivity index (χ3v) is 3.68. The van der Waals surface area contributed by atoms with Crippen molar-refractivity contribution in [3.8, 4) is 0 Å². The van der Waals surface area contributed by atoms with Crippen molar-refractivity contribution >= 4 is 34.9 Å². The number of halogens is 2. The molecular formula is C15H14Cl2N2O2. The molecule has 0 aliphatic carbocycles. The number of carbonyl (C=O) groups is 2. The zero-order valence-corrected chi connectivity index (χ0v) is 13.1. The second-order valence-electron chi connectivity index (χ2n) is 4.76. The van der Waals surface area contributed by atoms with Crippen LogP contribution in [0.15, 0.2) is 30.5 Å². The number of hydrogen-bond acceptors (Lipinski definition) is 2. The van der Waals surface area contributed by atoms with Crippen molar-refractivity contribution in [1.82, 2.24) is 9.88 Å². The van der Waals surface area contributed by atoms with E-state index in [0.717, 1.165) is 5.56 Å². The molecule has 2 aromatic rings. The van der Waals surface area contributed by atoms with Crippen LogP contribution in [0.4, 0.5) is 0 Å². The molecule has 110 valence electrons. The number of H-pyrrole nitrogens is 1. The molecule has 6 heteroatoms. The lowest BCUT2D eigenvalue weighted by Gasteiger charge is -2.17. The molecule has 0 atom stereocenters. The Morgan fingerprint density at radius 2 is 1.95 bits per heavy atom. The van der Waals surface area contributed by atoms with E-state index in [1.807, 2.05) is 0 Å². The van der Waals surface area contributed by atoms with Crippen LogP contribution in [-0.4, -0.2) is 28.6 Å². The van der Waals surface area contributed by atoms with E-state index in [9.17, 15) is 9.59 Å². The summed E-state index contributed by atoms with van der Waals surface area (Å²) in [6.45, 7) is 1.80. The number of amides is 1. The van der Waals surface area contributed by atoms with E-state index in [4.69, 9.17) is 23.2 Å². The Hall–Kier alpha value is -1.78. The minimum absolute atomic E-state index is 0.0892. The lowest BCUT2D eigenvalue weighted by Crippen LogP contribution is -2.26. The largest absolute Gasteiger partial charge is 0.356 e. The standard InChI is InChI=1S/C15H14Cl2N2O2/c1-9(20)11-5-14(18-7-11)15(21)19(2)8-10-3-4-12(16)6-13(10)17/h3-7,18H,8H2,1-2H3. The fraction of sp³-hybridized carbons (Fsp3) is 0.200. The monoisotopic (exact) mass is 324 g/mol. The van der Waals surface area contributed by atoms with E-state index in [1.54, 1.807) is 31.3 Å². The highest BCUT2D eigenvalue weighted by Crippen LogP contribution is 2.22. The topological polar surface area (TPSA) is 53.2 Å². The first kappa shape index (κ1) is 15.6. The van der Waals surface area contributed by atoms with Gasteiger partial charge in [-0.3, -0.25) is 9.59 Å². The van der Waals surface area contributed by atoms with Crippen molar-refractivity contribution in [2.24, 2.45) is 0 Å². The molecular weight excluding hydrogens is 311 g/mol. The number of nitrogens with zero attached hydrogens (tertiary/aromatic N) is 1. The van der Waals surface area contributed by atoms with Crippen molar-refractivity contribution in [2.45, 2.75) is 13.5 Å². The predicted octanol–water partition coefficient (Wildman–Crippen LogP) is 3.80. The van der Waals surface area contributed by atoms with Gasteiger partial charge < -0.3 is 9.88 Å². The number of Topliss-reactive ketones (excluding diaryl/α,β-unsaturated/α-hetero) is 1. The first-order chi connectivity index (χ1) is 9.88. The molecule has 0 fully saturated rings. The average Bonchev–Trinajstić information content (AvgIpc) is 2.90. The first-order valence-corrected chi connectivity index (χ1v) is 7.03. The Morgan fingerprint density at radius 3 is 2.52 bits per heavy atom. The van der Waals surface area contributed by atoms with Crippen LogP contribution in [-0.2, 0) is 6.54 Å².